The van der Waals surface area contributed by atoms with Crippen LogP contribution in [-0.2, 0) is 13.0 Å². The van der Waals surface area contributed by atoms with Gasteiger partial charge in [0.2, 0.25) is 0 Å². The van der Waals surface area contributed by atoms with E-state index in [0.29, 0.717) is 12.3 Å². The molecule has 2 aromatic rings. The molecule has 0 atom stereocenters. The second-order valence-corrected chi connectivity index (χ2v) is 3.43. The molecule has 1 heterocycles. The number of phenolic OH excluding ortho intramolecular Hbond substituents is 1. The summed E-state index contributed by atoms with van der Waals surface area (Å²) in [7, 11) is 0. The molecule has 0 saturated carbocycles. The highest BCUT2D eigenvalue weighted by Crippen LogP contribution is 2.27. The third-order valence-corrected chi connectivity index (χ3v) is 2.46. The van der Waals surface area contributed by atoms with Gasteiger partial charge >= 0.3 is 0 Å². The Labute approximate surface area is 82.6 Å². The van der Waals surface area contributed by atoms with Crippen LogP contribution >= 0.6 is 0 Å². The van der Waals surface area contributed by atoms with Crippen molar-refractivity contribution in [2.45, 2.75) is 19.9 Å². The molecule has 1 aromatic carbocycles. The summed E-state index contributed by atoms with van der Waals surface area (Å²) in [6.45, 7) is 2.53. The number of rotatable bonds is 2. The summed E-state index contributed by atoms with van der Waals surface area (Å²) in [5.41, 5.74) is 8.56. The monoisotopic (exact) mass is 190 g/mol. The normalized spacial score (nSPS) is 11.0. The van der Waals surface area contributed by atoms with Crippen LogP contribution in [0.1, 0.15) is 18.2 Å². The first-order valence-electron chi connectivity index (χ1n) is 4.78. The molecule has 4 N–H and O–H groups in total. The van der Waals surface area contributed by atoms with Crippen LogP contribution in [0.2, 0.25) is 0 Å². The molecule has 2 rings (SSSR count). The Morgan fingerprint density at radius 3 is 2.79 bits per heavy atom. The van der Waals surface area contributed by atoms with Gasteiger partial charge in [-0.05, 0) is 30.2 Å². The van der Waals surface area contributed by atoms with Crippen LogP contribution in [0, 0.1) is 0 Å². The molecule has 0 aliphatic heterocycles. The summed E-state index contributed by atoms with van der Waals surface area (Å²) in [5, 5.41) is 10.6. The Hall–Kier alpha value is -1.48. The van der Waals surface area contributed by atoms with Crippen LogP contribution in [0.4, 0.5) is 0 Å². The first kappa shape index (κ1) is 9.09. The van der Waals surface area contributed by atoms with Gasteiger partial charge in [0.15, 0.2) is 0 Å². The van der Waals surface area contributed by atoms with Crippen molar-refractivity contribution in [1.82, 2.24) is 4.98 Å². The van der Waals surface area contributed by atoms with E-state index in [2.05, 4.69) is 11.9 Å². The summed E-state index contributed by atoms with van der Waals surface area (Å²) in [4.78, 5) is 3.18. The number of hydrogen-bond acceptors (Lipinski definition) is 2. The molecule has 14 heavy (non-hydrogen) atoms. The third kappa shape index (κ3) is 1.36. The van der Waals surface area contributed by atoms with Crippen molar-refractivity contribution in [2.24, 2.45) is 5.73 Å². The molecule has 0 bridgehead atoms. The number of H-pyrrole nitrogens is 1. The fourth-order valence-electron chi connectivity index (χ4n) is 1.65. The van der Waals surface area contributed by atoms with Crippen LogP contribution < -0.4 is 5.73 Å². The lowest BCUT2D eigenvalue weighted by atomic mass is 10.1. The first-order valence-corrected chi connectivity index (χ1v) is 4.78. The molecule has 3 heteroatoms. The molecule has 74 valence electrons. The van der Waals surface area contributed by atoms with Gasteiger partial charge in [0.1, 0.15) is 5.75 Å². The fraction of sp³-hybridized carbons (Fsp3) is 0.273. The van der Waals surface area contributed by atoms with Gasteiger partial charge in [0.25, 0.3) is 0 Å². The molecular weight excluding hydrogens is 176 g/mol. The van der Waals surface area contributed by atoms with E-state index >= 15 is 0 Å². The van der Waals surface area contributed by atoms with Gasteiger partial charge < -0.3 is 15.8 Å². The van der Waals surface area contributed by atoms with Crippen LogP contribution in [-0.4, -0.2) is 10.1 Å². The quantitative estimate of drug-likeness (QED) is 0.677. The predicted molar refractivity (Wildman–Crippen MR) is 57.2 cm³/mol. The van der Waals surface area contributed by atoms with Crippen molar-refractivity contribution in [3.05, 3.63) is 29.5 Å². The van der Waals surface area contributed by atoms with Gasteiger partial charge in [-0.15, -0.1) is 0 Å². The molecule has 0 amide bonds. The number of phenols is 1. The minimum absolute atomic E-state index is 0.329. The lowest BCUT2D eigenvalue weighted by Gasteiger charge is -1.99. The number of nitrogens with one attached hydrogen (secondary N) is 1. The minimum atomic E-state index is 0.329. The van der Waals surface area contributed by atoms with Gasteiger partial charge in [-0.25, -0.2) is 0 Å². The maximum Gasteiger partial charge on any atom is 0.125 e. The molecule has 0 aliphatic rings. The van der Waals surface area contributed by atoms with E-state index < -0.39 is 0 Å². The number of aryl methyl sites for hydroxylation is 1. The average Bonchev–Trinajstić information content (AvgIpc) is 2.61. The van der Waals surface area contributed by atoms with Crippen molar-refractivity contribution in [2.75, 3.05) is 0 Å². The third-order valence-electron chi connectivity index (χ3n) is 2.46. The number of hydrogen-bond donors (Lipinski definition) is 3. The van der Waals surface area contributed by atoms with Gasteiger partial charge in [0, 0.05) is 23.1 Å². The predicted octanol–water partition coefficient (Wildman–Crippen LogP) is 1.89. The minimum Gasteiger partial charge on any atom is -0.507 e. The lowest BCUT2D eigenvalue weighted by Crippen LogP contribution is -1.94. The summed E-state index contributed by atoms with van der Waals surface area (Å²) >= 11 is 0. The lowest BCUT2D eigenvalue weighted by molar-refractivity contribution is 0.481. The van der Waals surface area contributed by atoms with Crippen molar-refractivity contribution in [3.63, 3.8) is 0 Å². The molecule has 0 fully saturated rings. The highest BCUT2D eigenvalue weighted by molar-refractivity contribution is 5.87. The standard InChI is InChI=1S/C11H14N2O/c1-2-7-3-10-9(11(14)4-7)5-8(6-12)13-10/h3-5,13-14H,2,6,12H2,1H3. The number of aromatic nitrogens is 1. The zero-order valence-electron chi connectivity index (χ0n) is 8.17. The molecule has 3 nitrogen and oxygen atoms in total. The number of nitrogens with two attached hydrogens (primary N) is 1. The topological polar surface area (TPSA) is 62.0 Å². The van der Waals surface area contributed by atoms with E-state index in [1.807, 2.05) is 12.1 Å². The van der Waals surface area contributed by atoms with E-state index in [9.17, 15) is 5.11 Å². The summed E-state index contributed by atoms with van der Waals surface area (Å²) in [5.74, 6) is 0.329. The summed E-state index contributed by atoms with van der Waals surface area (Å²) < 4.78 is 0. The molecule has 1 aromatic heterocycles. The van der Waals surface area contributed by atoms with Gasteiger partial charge in [0.05, 0.1) is 0 Å². The van der Waals surface area contributed by atoms with Crippen LogP contribution in [0.15, 0.2) is 18.2 Å². The molecule has 0 radical (unpaired) electrons. The largest absolute Gasteiger partial charge is 0.507 e. The van der Waals surface area contributed by atoms with Crippen LogP contribution in [0.25, 0.3) is 10.9 Å². The maximum absolute atomic E-state index is 9.73. The first-order chi connectivity index (χ1) is 6.74. The number of fused-ring (bicyclic) bond motifs is 1. The SMILES string of the molecule is CCc1cc(O)c2cc(CN)[nH]c2c1. The maximum atomic E-state index is 9.73. The second kappa shape index (κ2) is 3.35. The van der Waals surface area contributed by atoms with Crippen LogP contribution in [0.3, 0.4) is 0 Å². The number of aromatic hydroxyl groups is 1. The Balaban J connectivity index is 2.67. The van der Waals surface area contributed by atoms with E-state index in [4.69, 9.17) is 5.73 Å². The Kier molecular flexibility index (Phi) is 2.17. The molecule has 0 unspecified atom stereocenters. The smallest absolute Gasteiger partial charge is 0.125 e. The molecule has 0 aliphatic carbocycles. The van der Waals surface area contributed by atoms with Crippen molar-refractivity contribution in [1.29, 1.82) is 0 Å². The van der Waals surface area contributed by atoms with Gasteiger partial charge in [-0.3, -0.25) is 0 Å². The number of aromatic amines is 1. The number of benzene rings is 1. The second-order valence-electron chi connectivity index (χ2n) is 3.43. The van der Waals surface area contributed by atoms with E-state index in [-0.39, 0.29) is 0 Å². The Morgan fingerprint density at radius 2 is 2.14 bits per heavy atom. The molecule has 0 saturated heterocycles. The summed E-state index contributed by atoms with van der Waals surface area (Å²) in [6, 6.07) is 5.74. The van der Waals surface area contributed by atoms with Gasteiger partial charge in [-0.1, -0.05) is 6.92 Å². The highest BCUT2D eigenvalue weighted by atomic mass is 16.3. The zero-order chi connectivity index (χ0) is 10.1. The summed E-state index contributed by atoms with van der Waals surface area (Å²) in [6.07, 6.45) is 0.917. The van der Waals surface area contributed by atoms with Gasteiger partial charge in [-0.2, -0.15) is 0 Å². The van der Waals surface area contributed by atoms with E-state index in [1.54, 1.807) is 6.07 Å². The molecular formula is C11H14N2O. The van der Waals surface area contributed by atoms with Crippen molar-refractivity contribution >= 4 is 10.9 Å². The zero-order valence-corrected chi connectivity index (χ0v) is 8.17. The van der Waals surface area contributed by atoms with Crippen molar-refractivity contribution in [3.8, 4) is 5.75 Å². The Morgan fingerprint density at radius 1 is 1.36 bits per heavy atom. The Bertz CT molecular complexity index is 460. The fourth-order valence-corrected chi connectivity index (χ4v) is 1.65. The van der Waals surface area contributed by atoms with E-state index in [0.717, 1.165) is 28.6 Å². The van der Waals surface area contributed by atoms with Crippen LogP contribution in [0.5, 0.6) is 5.75 Å². The molecule has 0 spiro atoms. The van der Waals surface area contributed by atoms with Crippen molar-refractivity contribution < 1.29 is 5.11 Å². The highest BCUT2D eigenvalue weighted by Gasteiger charge is 2.05. The van der Waals surface area contributed by atoms with E-state index in [1.165, 1.54) is 0 Å². The average molecular weight is 190 g/mol.